The maximum absolute atomic E-state index is 5.89. The lowest BCUT2D eigenvalue weighted by molar-refractivity contribution is 0.260. The molecule has 20 heavy (non-hydrogen) atoms. The van der Waals surface area contributed by atoms with Crippen LogP contribution in [0.15, 0.2) is 12.1 Å². The van der Waals surface area contributed by atoms with E-state index in [9.17, 15) is 0 Å². The van der Waals surface area contributed by atoms with Crippen LogP contribution in [-0.4, -0.2) is 17.6 Å². The third-order valence-electron chi connectivity index (χ3n) is 4.28. The minimum atomic E-state index is 0.511. The fraction of sp³-hybridized carbons (Fsp3) is 0.688. The number of hydrogen-bond donors (Lipinski definition) is 2. The second-order valence-electron chi connectivity index (χ2n) is 6.05. The first-order chi connectivity index (χ1) is 9.60. The molecular formula is C16H27N3O. The third kappa shape index (κ3) is 3.78. The van der Waals surface area contributed by atoms with Gasteiger partial charge in [0.1, 0.15) is 5.82 Å². The second kappa shape index (κ2) is 6.82. The molecule has 1 heterocycles. The minimum absolute atomic E-state index is 0.511. The number of nitrogens with zero attached hydrogens (tertiary/aromatic N) is 1. The molecule has 1 fully saturated rings. The lowest BCUT2D eigenvalue weighted by Gasteiger charge is -2.32. The van der Waals surface area contributed by atoms with Crippen molar-refractivity contribution in [1.82, 2.24) is 4.98 Å². The zero-order valence-corrected chi connectivity index (χ0v) is 12.9. The summed E-state index contributed by atoms with van der Waals surface area (Å²) in [5.74, 6) is 3.02. The summed E-state index contributed by atoms with van der Waals surface area (Å²) >= 11 is 0. The monoisotopic (exact) mass is 277 g/mol. The lowest BCUT2D eigenvalue weighted by Crippen LogP contribution is -2.30. The average Bonchev–Trinajstić information content (AvgIpc) is 2.43. The minimum Gasteiger partial charge on any atom is -0.476 e. The first kappa shape index (κ1) is 14.9. The highest BCUT2D eigenvalue weighted by atomic mass is 16.5. The van der Waals surface area contributed by atoms with Crippen LogP contribution >= 0.6 is 0 Å². The van der Waals surface area contributed by atoms with Crippen molar-refractivity contribution in [2.75, 3.05) is 17.7 Å². The van der Waals surface area contributed by atoms with Gasteiger partial charge in [-0.05, 0) is 49.7 Å². The van der Waals surface area contributed by atoms with Crippen LogP contribution < -0.4 is 15.8 Å². The molecule has 1 aliphatic rings. The molecule has 3 unspecified atom stereocenters. The Balaban J connectivity index is 1.99. The number of nitrogens with one attached hydrogen (secondary N) is 1. The molecule has 0 radical (unpaired) electrons. The molecule has 0 amide bonds. The summed E-state index contributed by atoms with van der Waals surface area (Å²) in [6, 6.07) is 4.32. The highest BCUT2D eigenvalue weighted by Gasteiger charge is 2.24. The molecule has 1 aromatic rings. The smallest absolute Gasteiger partial charge is 0.239 e. The Hall–Kier alpha value is -1.45. The highest BCUT2D eigenvalue weighted by molar-refractivity contribution is 5.53. The number of anilines is 2. The van der Waals surface area contributed by atoms with Crippen LogP contribution in [0.1, 0.15) is 46.5 Å². The summed E-state index contributed by atoms with van der Waals surface area (Å²) < 4.78 is 5.58. The van der Waals surface area contributed by atoms with Crippen LogP contribution in [0.3, 0.4) is 0 Å². The first-order valence-electron chi connectivity index (χ1n) is 7.76. The summed E-state index contributed by atoms with van der Waals surface area (Å²) in [5, 5.41) is 3.53. The Bertz CT molecular complexity index is 436. The zero-order chi connectivity index (χ0) is 14.5. The average molecular weight is 277 g/mol. The molecule has 0 aliphatic heterocycles. The summed E-state index contributed by atoms with van der Waals surface area (Å²) in [7, 11) is 0. The topological polar surface area (TPSA) is 60.2 Å². The van der Waals surface area contributed by atoms with E-state index in [1.807, 2.05) is 12.1 Å². The molecule has 4 nitrogen and oxygen atoms in total. The molecule has 3 N–H and O–H groups in total. The molecule has 4 heteroatoms. The van der Waals surface area contributed by atoms with Gasteiger partial charge in [-0.25, -0.2) is 0 Å². The molecule has 0 spiro atoms. The quantitative estimate of drug-likeness (QED) is 0.861. The predicted molar refractivity (Wildman–Crippen MR) is 84.0 cm³/mol. The van der Waals surface area contributed by atoms with Crippen molar-refractivity contribution in [2.45, 2.75) is 52.5 Å². The second-order valence-corrected chi connectivity index (χ2v) is 6.05. The summed E-state index contributed by atoms with van der Waals surface area (Å²) in [4.78, 5) is 4.49. The van der Waals surface area contributed by atoms with E-state index in [0.717, 1.165) is 24.1 Å². The lowest BCUT2D eigenvalue weighted by atomic mass is 9.79. The van der Waals surface area contributed by atoms with Crippen LogP contribution in [-0.2, 0) is 0 Å². The molecule has 1 saturated carbocycles. The zero-order valence-electron chi connectivity index (χ0n) is 12.9. The standard InChI is InChI=1S/C16H27N3O/c1-4-9-20-16-14(17)7-8-15(19-16)18-13-6-5-11(2)12(3)10-13/h7-8,11-13H,4-6,9-10,17H2,1-3H3,(H,18,19). The number of ether oxygens (including phenoxy) is 1. The molecule has 1 aromatic heterocycles. The Morgan fingerprint density at radius 2 is 2.10 bits per heavy atom. The number of pyridine rings is 1. The van der Waals surface area contributed by atoms with Crippen LogP contribution in [0.2, 0.25) is 0 Å². The van der Waals surface area contributed by atoms with Gasteiger partial charge in [0.25, 0.3) is 0 Å². The number of nitrogen functional groups attached to an aromatic ring is 1. The SMILES string of the molecule is CCCOc1nc(NC2CCC(C)C(C)C2)ccc1N. The van der Waals surface area contributed by atoms with Gasteiger partial charge in [0, 0.05) is 6.04 Å². The van der Waals surface area contributed by atoms with Crippen LogP contribution in [0, 0.1) is 11.8 Å². The molecule has 0 bridgehead atoms. The van der Waals surface area contributed by atoms with Crippen molar-refractivity contribution in [1.29, 1.82) is 0 Å². The number of hydrogen-bond acceptors (Lipinski definition) is 4. The van der Waals surface area contributed by atoms with Crippen molar-refractivity contribution in [3.8, 4) is 5.88 Å². The van der Waals surface area contributed by atoms with Gasteiger partial charge in [0.15, 0.2) is 0 Å². The van der Waals surface area contributed by atoms with Crippen molar-refractivity contribution < 1.29 is 4.74 Å². The van der Waals surface area contributed by atoms with E-state index in [1.165, 1.54) is 19.3 Å². The number of aromatic nitrogens is 1. The first-order valence-corrected chi connectivity index (χ1v) is 7.76. The van der Waals surface area contributed by atoms with E-state index in [2.05, 4.69) is 31.1 Å². The molecular weight excluding hydrogens is 250 g/mol. The fourth-order valence-electron chi connectivity index (χ4n) is 2.73. The highest BCUT2D eigenvalue weighted by Crippen LogP contribution is 2.31. The Morgan fingerprint density at radius 3 is 2.80 bits per heavy atom. The van der Waals surface area contributed by atoms with Gasteiger partial charge in [-0.15, -0.1) is 0 Å². The maximum atomic E-state index is 5.89. The Labute approximate surface area is 122 Å². The normalized spacial score (nSPS) is 26.2. The molecule has 112 valence electrons. The summed E-state index contributed by atoms with van der Waals surface area (Å²) in [6.45, 7) is 7.41. The summed E-state index contributed by atoms with van der Waals surface area (Å²) in [5.41, 5.74) is 6.49. The van der Waals surface area contributed by atoms with Gasteiger partial charge < -0.3 is 15.8 Å². The van der Waals surface area contributed by atoms with Gasteiger partial charge in [-0.2, -0.15) is 4.98 Å². The number of nitrogens with two attached hydrogens (primary N) is 1. The largest absolute Gasteiger partial charge is 0.476 e. The molecule has 0 aromatic carbocycles. The predicted octanol–water partition coefficient (Wildman–Crippen LogP) is 3.69. The van der Waals surface area contributed by atoms with E-state index >= 15 is 0 Å². The van der Waals surface area contributed by atoms with Crippen LogP contribution in [0.4, 0.5) is 11.5 Å². The van der Waals surface area contributed by atoms with E-state index in [0.29, 0.717) is 24.2 Å². The van der Waals surface area contributed by atoms with E-state index in [-0.39, 0.29) is 0 Å². The van der Waals surface area contributed by atoms with Gasteiger partial charge in [0.05, 0.1) is 12.3 Å². The van der Waals surface area contributed by atoms with E-state index in [1.54, 1.807) is 0 Å². The van der Waals surface area contributed by atoms with Gasteiger partial charge in [-0.3, -0.25) is 0 Å². The fourth-order valence-corrected chi connectivity index (χ4v) is 2.73. The van der Waals surface area contributed by atoms with Crippen molar-refractivity contribution in [3.05, 3.63) is 12.1 Å². The Morgan fingerprint density at radius 1 is 1.30 bits per heavy atom. The van der Waals surface area contributed by atoms with Crippen molar-refractivity contribution in [2.24, 2.45) is 11.8 Å². The Kier molecular flexibility index (Phi) is 5.10. The maximum Gasteiger partial charge on any atom is 0.239 e. The van der Waals surface area contributed by atoms with Crippen LogP contribution in [0.25, 0.3) is 0 Å². The molecule has 2 rings (SSSR count). The molecule has 1 aliphatic carbocycles. The van der Waals surface area contributed by atoms with Crippen molar-refractivity contribution >= 4 is 11.5 Å². The van der Waals surface area contributed by atoms with Crippen LogP contribution in [0.5, 0.6) is 5.88 Å². The van der Waals surface area contributed by atoms with Gasteiger partial charge in [0.2, 0.25) is 5.88 Å². The molecule has 0 saturated heterocycles. The molecule has 3 atom stereocenters. The number of rotatable bonds is 5. The third-order valence-corrected chi connectivity index (χ3v) is 4.28. The van der Waals surface area contributed by atoms with E-state index in [4.69, 9.17) is 10.5 Å². The summed E-state index contributed by atoms with van der Waals surface area (Å²) in [6.07, 6.45) is 4.66. The van der Waals surface area contributed by atoms with Gasteiger partial charge in [-0.1, -0.05) is 20.8 Å². The van der Waals surface area contributed by atoms with E-state index < -0.39 is 0 Å². The van der Waals surface area contributed by atoms with Gasteiger partial charge >= 0.3 is 0 Å². The van der Waals surface area contributed by atoms with Crippen molar-refractivity contribution in [3.63, 3.8) is 0 Å².